The van der Waals surface area contributed by atoms with Crippen molar-refractivity contribution in [3.8, 4) is 11.5 Å². The Morgan fingerprint density at radius 1 is 0.610 bits per heavy atom. The van der Waals surface area contributed by atoms with Gasteiger partial charge in [0.15, 0.2) is 0 Å². The van der Waals surface area contributed by atoms with Crippen LogP contribution in [0.1, 0.15) is 136 Å². The van der Waals surface area contributed by atoms with Crippen LogP contribution in [0, 0.1) is 0 Å². The van der Waals surface area contributed by atoms with Gasteiger partial charge in [0.1, 0.15) is 0 Å². The highest BCUT2D eigenvalue weighted by molar-refractivity contribution is 7.00. The van der Waals surface area contributed by atoms with E-state index in [9.17, 15) is 0 Å². The summed E-state index contributed by atoms with van der Waals surface area (Å²) in [4.78, 5) is 10.3. The summed E-state index contributed by atoms with van der Waals surface area (Å²) in [6, 6.07) is 9.30. The van der Waals surface area contributed by atoms with Crippen LogP contribution in [0.3, 0.4) is 0 Å². The van der Waals surface area contributed by atoms with Crippen molar-refractivity contribution in [3.05, 3.63) is 57.6 Å². The first-order valence-corrected chi connectivity index (χ1v) is 17.9. The third kappa shape index (κ3) is 7.41. The Bertz CT molecular complexity index is 1230. The summed E-state index contributed by atoms with van der Waals surface area (Å²) in [5, 5.41) is 0. The number of benzene rings is 2. The van der Waals surface area contributed by atoms with Gasteiger partial charge in [-0.25, -0.2) is 0 Å². The van der Waals surface area contributed by atoms with Crippen LogP contribution in [0.4, 0.5) is 0 Å². The largest absolute Gasteiger partial charge is 0.999 e. The summed E-state index contributed by atoms with van der Waals surface area (Å²) >= 11 is -2.73. The van der Waals surface area contributed by atoms with Gasteiger partial charge in [-0.2, -0.15) is 10.0 Å². The SMILES string of the molecule is CC(C)(C)c1cc2c(c(C(C)(C)C)c1)[O][Al]([Cl])[O]c1c(cc(C(C)(C)C)cc1C(C)(C)C)C=N[C@H]1CCC[C@@H]1N=C2. The molecule has 0 spiro atoms. The molecule has 4 nitrogen and oxygen atoms in total. The van der Waals surface area contributed by atoms with Gasteiger partial charge in [0.25, 0.3) is 0 Å². The zero-order valence-electron chi connectivity index (χ0n) is 27.4. The van der Waals surface area contributed by atoms with E-state index in [4.69, 9.17) is 27.6 Å². The van der Waals surface area contributed by atoms with E-state index in [2.05, 4.69) is 107 Å². The summed E-state index contributed by atoms with van der Waals surface area (Å²) in [6.45, 7) is 26.9. The average molecular weight is 593 g/mol. The van der Waals surface area contributed by atoms with Crippen molar-refractivity contribution in [3.63, 3.8) is 0 Å². The third-order valence-electron chi connectivity index (χ3n) is 8.26. The second-order valence-corrected chi connectivity index (χ2v) is 18.1. The van der Waals surface area contributed by atoms with E-state index in [-0.39, 0.29) is 33.7 Å². The van der Waals surface area contributed by atoms with Crippen LogP contribution in [0.15, 0.2) is 34.3 Å². The summed E-state index contributed by atoms with van der Waals surface area (Å²) in [5.74, 6) is 1.58. The standard InChI is InChI=1S/C35H52N2O2.Al.ClH/c1-32(2,3)24-16-22(30(38)26(18-24)34(7,8)9)20-36-28-14-13-15-29(28)37-21-23-17-25(33(4,5)6)19-27(31(23)39)35(10,11)12;;/h16-21,28-29,38-39H,13-15H2,1-12H3;;1H/q;+3;/p-3/t28-,29-;;/m0../s1. The monoisotopic (exact) mass is 592 g/mol. The number of hydrogen-bond acceptors (Lipinski definition) is 4. The van der Waals surface area contributed by atoms with Crippen LogP contribution in [0.25, 0.3) is 0 Å². The van der Waals surface area contributed by atoms with Crippen molar-refractivity contribution >= 4 is 36.4 Å². The second-order valence-electron chi connectivity index (χ2n) is 16.0. The molecule has 2 aliphatic rings. The van der Waals surface area contributed by atoms with E-state index in [0.29, 0.717) is 0 Å². The number of rotatable bonds is 0. The fraction of sp³-hybridized carbons (Fsp3) is 0.600. The van der Waals surface area contributed by atoms with Gasteiger partial charge < -0.3 is 7.58 Å². The van der Waals surface area contributed by atoms with E-state index in [1.807, 2.05) is 12.4 Å². The number of hydrogen-bond donors (Lipinski definition) is 0. The Hall–Kier alpha value is -1.80. The van der Waals surface area contributed by atoms with Gasteiger partial charge in [-0.15, -0.1) is 0 Å². The molecule has 2 atom stereocenters. The van der Waals surface area contributed by atoms with Gasteiger partial charge in [0.2, 0.25) is 0 Å². The number of fused-ring (bicyclic) bond motifs is 3. The quantitative estimate of drug-likeness (QED) is 0.286. The molecule has 0 saturated heterocycles. The lowest BCUT2D eigenvalue weighted by atomic mass is 9.79. The fourth-order valence-corrected chi connectivity index (χ4v) is 7.05. The molecular formula is C35H50AlClN2O2. The lowest BCUT2D eigenvalue weighted by Gasteiger charge is -2.31. The maximum Gasteiger partial charge on any atom is 0.999 e. The van der Waals surface area contributed by atoms with Gasteiger partial charge in [-0.1, -0.05) is 95.2 Å². The molecule has 1 fully saturated rings. The van der Waals surface area contributed by atoms with Gasteiger partial charge >= 0.3 is 13.9 Å². The minimum atomic E-state index is -2.73. The predicted molar refractivity (Wildman–Crippen MR) is 177 cm³/mol. The molecule has 0 bridgehead atoms. The van der Waals surface area contributed by atoms with Crippen molar-refractivity contribution in [1.82, 2.24) is 0 Å². The first-order valence-electron chi connectivity index (χ1n) is 15.2. The predicted octanol–water partition coefficient (Wildman–Crippen LogP) is 9.33. The molecule has 2 aromatic rings. The van der Waals surface area contributed by atoms with E-state index in [1.54, 1.807) is 0 Å². The molecular weight excluding hydrogens is 543 g/mol. The normalized spacial score (nSPS) is 20.2. The topological polar surface area (TPSA) is 43.2 Å². The van der Waals surface area contributed by atoms with Crippen LogP contribution in [-0.2, 0) is 21.7 Å². The Morgan fingerprint density at radius 2 is 0.976 bits per heavy atom. The molecule has 222 valence electrons. The van der Waals surface area contributed by atoms with Gasteiger partial charge in [-0.05, 0) is 75.3 Å². The Kier molecular flexibility index (Phi) is 8.91. The molecule has 2 aromatic carbocycles. The summed E-state index contributed by atoms with van der Waals surface area (Å²) < 4.78 is 13.4. The summed E-state index contributed by atoms with van der Waals surface area (Å²) in [7, 11) is 7.11. The van der Waals surface area contributed by atoms with E-state index < -0.39 is 13.9 Å². The van der Waals surface area contributed by atoms with Crippen LogP contribution in [0.5, 0.6) is 11.5 Å². The van der Waals surface area contributed by atoms with Crippen LogP contribution < -0.4 is 7.58 Å². The van der Waals surface area contributed by atoms with Crippen molar-refractivity contribution in [2.75, 3.05) is 0 Å². The minimum absolute atomic E-state index is 0.0240. The van der Waals surface area contributed by atoms with Gasteiger partial charge in [0.05, 0.1) is 23.6 Å². The van der Waals surface area contributed by atoms with E-state index in [1.165, 1.54) is 11.1 Å². The molecule has 6 heteroatoms. The molecule has 1 saturated carbocycles. The van der Waals surface area contributed by atoms with Crippen molar-refractivity contribution in [2.45, 2.75) is 136 Å². The van der Waals surface area contributed by atoms with Crippen LogP contribution in [-0.4, -0.2) is 38.4 Å². The average Bonchev–Trinajstić information content (AvgIpc) is 3.26. The zero-order chi connectivity index (χ0) is 30.5. The van der Waals surface area contributed by atoms with Crippen LogP contribution in [0.2, 0.25) is 0 Å². The molecule has 1 aliphatic carbocycles. The highest BCUT2D eigenvalue weighted by Crippen LogP contribution is 2.41. The lowest BCUT2D eigenvalue weighted by Crippen LogP contribution is -2.29. The highest BCUT2D eigenvalue weighted by atomic mass is 35.6. The van der Waals surface area contributed by atoms with Gasteiger partial charge in [-0.3, -0.25) is 9.98 Å². The first kappa shape index (κ1) is 32.1. The third-order valence-corrected chi connectivity index (χ3v) is 9.64. The summed E-state index contributed by atoms with van der Waals surface area (Å²) in [5.41, 5.74) is 6.34. The van der Waals surface area contributed by atoms with Gasteiger partial charge in [0, 0.05) is 23.6 Å². The minimum Gasteiger partial charge on any atom is -0.599 e. The number of aliphatic imine (C=N–C) groups is 2. The summed E-state index contributed by atoms with van der Waals surface area (Å²) in [6.07, 6.45) is 7.22. The highest BCUT2D eigenvalue weighted by Gasteiger charge is 2.38. The molecule has 1 heterocycles. The second kappa shape index (κ2) is 11.4. The Labute approximate surface area is 258 Å². The van der Waals surface area contributed by atoms with Crippen molar-refractivity contribution in [1.29, 1.82) is 0 Å². The first-order chi connectivity index (χ1) is 18.7. The maximum atomic E-state index is 7.11. The zero-order valence-corrected chi connectivity index (χ0v) is 29.3. The molecule has 0 N–H and O–H groups in total. The van der Waals surface area contributed by atoms with E-state index >= 15 is 0 Å². The Morgan fingerprint density at radius 3 is 1.29 bits per heavy atom. The smallest absolute Gasteiger partial charge is 0.599 e. The van der Waals surface area contributed by atoms with Crippen LogP contribution >= 0.6 is 10.0 Å². The molecule has 0 amide bonds. The molecule has 1 aliphatic heterocycles. The molecule has 0 radical (unpaired) electrons. The van der Waals surface area contributed by atoms with E-state index in [0.717, 1.165) is 53.0 Å². The van der Waals surface area contributed by atoms with Crippen molar-refractivity contribution < 1.29 is 7.58 Å². The van der Waals surface area contributed by atoms with Crippen molar-refractivity contribution in [2.24, 2.45) is 9.98 Å². The molecule has 0 aromatic heterocycles. The number of halogens is 1. The Balaban J connectivity index is 1.98. The fourth-order valence-electron chi connectivity index (χ4n) is 5.57. The molecule has 4 rings (SSSR count). The maximum absolute atomic E-state index is 7.11. The lowest BCUT2D eigenvalue weighted by molar-refractivity contribution is 0.423. The number of nitrogens with zero attached hydrogens (tertiary/aromatic N) is 2. The molecule has 41 heavy (non-hydrogen) atoms. The molecule has 0 unspecified atom stereocenters.